The van der Waals surface area contributed by atoms with Crippen molar-refractivity contribution in [2.24, 2.45) is 0 Å². The van der Waals surface area contributed by atoms with Gasteiger partial charge in [-0.25, -0.2) is 4.98 Å². The molecule has 0 bridgehead atoms. The minimum Gasteiger partial charge on any atom is -0.510 e. The molecule has 0 saturated heterocycles. The Hall–Kier alpha value is -8.11. The van der Waals surface area contributed by atoms with Gasteiger partial charge in [0.25, 0.3) is 6.33 Å². The first kappa shape index (κ1) is 52.6. The van der Waals surface area contributed by atoms with Crippen LogP contribution in [0.2, 0.25) is 0 Å². The Balaban J connectivity index is 0.00000914. The van der Waals surface area contributed by atoms with Crippen molar-refractivity contribution in [3.05, 3.63) is 234 Å². The zero-order valence-corrected chi connectivity index (χ0v) is 57.5. The first-order chi connectivity index (χ1) is 45.2. The Morgan fingerprint density at radius 2 is 0.922 bits per heavy atom. The van der Waals surface area contributed by atoms with Gasteiger partial charge in [0, 0.05) is 44.3 Å². The smallest absolute Gasteiger partial charge is 0.268 e. The molecule has 0 saturated carbocycles. The van der Waals surface area contributed by atoms with Gasteiger partial charge in [0.1, 0.15) is 5.82 Å². The van der Waals surface area contributed by atoms with Gasteiger partial charge in [0.05, 0.1) is 27.7 Å². The average Bonchev–Trinajstić information content (AvgIpc) is 1.44. The second kappa shape index (κ2) is 22.1. The number of rotatable bonds is 6. The van der Waals surface area contributed by atoms with Crippen LogP contribution in [-0.2, 0) is 53.6 Å². The average molecular weight is 1370 g/mol. The summed E-state index contributed by atoms with van der Waals surface area (Å²) in [7, 11) is 0. The molecule has 5 nitrogen and oxygen atoms in total. The number of pyridine rings is 1. The largest absolute Gasteiger partial charge is 0.510 e. The molecule has 0 spiro atoms. The van der Waals surface area contributed by atoms with E-state index in [1.165, 1.54) is 0 Å². The van der Waals surface area contributed by atoms with Crippen LogP contribution in [0.15, 0.2) is 182 Å². The Morgan fingerprint density at radius 1 is 0.422 bits per heavy atom. The monoisotopic (exact) mass is 1370 g/mol. The molecular weight excluding hydrogens is 1280 g/mol. The Kier molecular flexibility index (Phi) is 12.9. The fraction of sp³-hybridized carbons (Fsp3) is 0.286. The number of para-hydroxylation sites is 1. The molecular formula is C84H84N4OPt-2. The molecule has 0 fully saturated rings. The van der Waals surface area contributed by atoms with E-state index in [9.17, 15) is 11.0 Å². The first-order valence-electron chi connectivity index (χ1n) is 35.1. The van der Waals surface area contributed by atoms with E-state index in [1.807, 2.05) is 63.9 Å². The molecule has 0 amide bonds. The minimum absolute atomic E-state index is 0. The van der Waals surface area contributed by atoms with Crippen molar-refractivity contribution in [2.75, 3.05) is 0 Å². The maximum Gasteiger partial charge on any atom is 0.268 e. The molecule has 0 N–H and O–H groups in total. The molecule has 13 rings (SSSR count). The molecule has 12 aromatic rings. The van der Waals surface area contributed by atoms with Crippen molar-refractivity contribution in [2.45, 2.75) is 157 Å². The number of aromatic nitrogens is 4. The summed E-state index contributed by atoms with van der Waals surface area (Å²) in [5, 5.41) is 2.04. The number of hydrogen-bond acceptors (Lipinski definition) is 2. The van der Waals surface area contributed by atoms with Gasteiger partial charge in [-0.3, -0.25) is 4.57 Å². The molecule has 4 heterocycles. The minimum atomic E-state index is -0.540. The zero-order valence-electron chi connectivity index (χ0n) is 63.2. The van der Waals surface area contributed by atoms with E-state index in [-0.39, 0.29) is 82.5 Å². The number of benzene rings is 9. The van der Waals surface area contributed by atoms with E-state index in [0.717, 1.165) is 83.3 Å². The molecule has 0 atom stereocenters. The molecule has 0 radical (unpaired) electrons. The molecule has 0 unspecified atom stereocenters. The fourth-order valence-corrected chi connectivity index (χ4v) is 12.3. The van der Waals surface area contributed by atoms with Crippen LogP contribution in [0.1, 0.15) is 169 Å². The van der Waals surface area contributed by atoms with Crippen molar-refractivity contribution in [3.8, 4) is 84.3 Å². The summed E-state index contributed by atoms with van der Waals surface area (Å²) in [6, 6.07) is 47.7. The van der Waals surface area contributed by atoms with E-state index in [2.05, 4.69) is 227 Å². The normalized spacial score (nSPS) is 14.2. The Morgan fingerprint density at radius 3 is 1.50 bits per heavy atom. The quantitative estimate of drug-likeness (QED) is 0.123. The zero-order chi connectivity index (χ0) is 70.0. The van der Waals surface area contributed by atoms with Crippen LogP contribution in [0.3, 0.4) is 0 Å². The molecule has 9 aromatic carbocycles. The van der Waals surface area contributed by atoms with Crippen LogP contribution in [0, 0.1) is 18.5 Å². The van der Waals surface area contributed by atoms with Gasteiger partial charge in [0.2, 0.25) is 0 Å². The van der Waals surface area contributed by atoms with Gasteiger partial charge in [-0.1, -0.05) is 251 Å². The van der Waals surface area contributed by atoms with Gasteiger partial charge in [-0.05, 0) is 157 Å². The van der Waals surface area contributed by atoms with Gasteiger partial charge in [-0.2, -0.15) is 18.2 Å². The van der Waals surface area contributed by atoms with Crippen molar-refractivity contribution in [1.82, 2.24) is 14.1 Å². The summed E-state index contributed by atoms with van der Waals surface area (Å²) >= 11 is 0. The molecule has 6 heteroatoms. The van der Waals surface area contributed by atoms with Crippen LogP contribution in [0.4, 0.5) is 0 Å². The van der Waals surface area contributed by atoms with Gasteiger partial charge < -0.3 is 13.9 Å². The van der Waals surface area contributed by atoms with E-state index >= 15 is 0 Å². The number of ether oxygens (including phenoxy) is 1. The maximum absolute atomic E-state index is 10.3. The summed E-state index contributed by atoms with van der Waals surface area (Å²) in [5.41, 5.74) is 12.6. The molecule has 3 aromatic heterocycles. The van der Waals surface area contributed by atoms with Crippen LogP contribution in [-0.4, -0.2) is 14.1 Å². The third-order valence-corrected chi connectivity index (χ3v) is 17.7. The predicted octanol–water partition coefficient (Wildman–Crippen LogP) is 22.0. The topological polar surface area (TPSA) is 35.9 Å². The van der Waals surface area contributed by atoms with Crippen LogP contribution >= 0.6 is 0 Å². The third-order valence-electron chi connectivity index (χ3n) is 17.7. The first-order valence-corrected chi connectivity index (χ1v) is 31.1. The summed E-state index contributed by atoms with van der Waals surface area (Å²) in [4.78, 5) is 4.92. The second-order valence-corrected chi connectivity index (χ2v) is 30.5. The third kappa shape index (κ3) is 11.3. The number of hydrogen-bond donors (Lipinski definition) is 0. The Labute approximate surface area is 560 Å². The van der Waals surface area contributed by atoms with Crippen molar-refractivity contribution >= 4 is 32.8 Å². The van der Waals surface area contributed by atoms with E-state index < -0.39 is 41.7 Å². The number of fused-ring (bicyclic) bond motifs is 10. The SMILES string of the molecule is [2H]c1c([2H])c([2H])c2c(c1[2H])-c1cc(C(C)(C)C)cc(-c3cc(C(C)(C)C)cc(C(C)(C)C)c3)c1-[n+]1[c-]n(-c3[c-]c(Oc4[c-]c5c(cc4)c4ccccc4n5-c4cc(C(C)(C)C)ccn4)ccc3)c3cc(-c4cc(C(C)(C)C)cc(C(C)(C)C)c4)cc(c31)-c1c([2H])c([2H])c([2H])c([2H])c1-2.[Pt]. The van der Waals surface area contributed by atoms with Gasteiger partial charge >= 0.3 is 0 Å². The number of imidazole rings is 1. The number of nitrogens with zero attached hydrogens (tertiary/aromatic N) is 4. The fourth-order valence-electron chi connectivity index (χ4n) is 12.3. The van der Waals surface area contributed by atoms with Gasteiger partial charge in [0.15, 0.2) is 0 Å². The second-order valence-electron chi connectivity index (χ2n) is 30.5. The van der Waals surface area contributed by atoms with Crippen molar-refractivity contribution in [1.29, 1.82) is 0 Å². The summed E-state index contributed by atoms with van der Waals surface area (Å²) in [6.45, 7) is 39.4. The molecule has 458 valence electrons. The standard InChI is InChI=1S/C84H84N4O.Pt/c1-79(2,3)55-36-37-85-76(48-55)88-73-33-24-23-32-68(73)69-35-34-63(50-74(69)88)89-62-27-25-26-61(49-62)86-51-87-77-70(54-40-58(82(10,11)12)45-59(41-54)83(13,14)15)46-60(84(16,17)18)47-72(77)67-31-22-20-29-65(67)64-28-19-21-30-66(64)71-42-53(43-75(86)78(71)87)52-38-56(80(4,5)6)44-57(39-52)81(7,8)9;/h19-48H,1-18H3;/q-2;/i19D,20D,21D,22D,28D,29D,30D,31D;. The van der Waals surface area contributed by atoms with Crippen LogP contribution < -0.4 is 9.30 Å². The van der Waals surface area contributed by atoms with E-state index in [1.54, 1.807) is 0 Å². The van der Waals surface area contributed by atoms with E-state index in [0.29, 0.717) is 45.0 Å². The predicted molar refractivity (Wildman–Crippen MR) is 373 cm³/mol. The molecule has 1 aliphatic heterocycles. The van der Waals surface area contributed by atoms with Gasteiger partial charge in [-0.15, -0.1) is 29.7 Å². The summed E-state index contributed by atoms with van der Waals surface area (Å²) in [6.07, 6.45) is 5.77. The van der Waals surface area contributed by atoms with Crippen LogP contribution in [0.25, 0.3) is 106 Å². The maximum atomic E-state index is 10.3. The summed E-state index contributed by atoms with van der Waals surface area (Å²) in [5.74, 6) is 1.59. The molecule has 0 aliphatic carbocycles. The van der Waals surface area contributed by atoms with Crippen molar-refractivity contribution < 1.29 is 41.3 Å². The molecule has 90 heavy (non-hydrogen) atoms. The van der Waals surface area contributed by atoms with Crippen molar-refractivity contribution in [3.63, 3.8) is 0 Å². The van der Waals surface area contributed by atoms with E-state index in [4.69, 9.17) is 9.72 Å². The van der Waals surface area contributed by atoms with Crippen LogP contribution in [0.5, 0.6) is 11.5 Å². The summed E-state index contributed by atoms with van der Waals surface area (Å²) < 4.78 is 91.9. The molecule has 1 aliphatic rings. The Bertz CT molecular complexity index is 5240.